The van der Waals surface area contributed by atoms with Crippen LogP contribution in [0, 0.1) is 5.92 Å². The van der Waals surface area contributed by atoms with Crippen LogP contribution in [0.1, 0.15) is 58.8 Å². The van der Waals surface area contributed by atoms with Crippen molar-refractivity contribution in [3.05, 3.63) is 0 Å². The number of hydrogen-bond acceptors (Lipinski definition) is 4. The fourth-order valence-electron chi connectivity index (χ4n) is 3.54. The van der Waals surface area contributed by atoms with E-state index >= 15 is 0 Å². The molecule has 1 aliphatic heterocycles. The third-order valence-electron chi connectivity index (χ3n) is 4.79. The molecule has 2 fully saturated rings. The number of esters is 1. The van der Waals surface area contributed by atoms with Crippen LogP contribution in [-0.4, -0.2) is 37.4 Å². The van der Waals surface area contributed by atoms with Crippen molar-refractivity contribution >= 4 is 5.97 Å². The summed E-state index contributed by atoms with van der Waals surface area (Å²) in [6.07, 6.45) is 7.80. The predicted octanol–water partition coefficient (Wildman–Crippen LogP) is 2.66. The lowest BCUT2D eigenvalue weighted by molar-refractivity contribution is -0.154. The predicted molar refractivity (Wildman–Crippen MR) is 78.6 cm³/mol. The lowest BCUT2D eigenvalue weighted by Crippen LogP contribution is -2.57. The van der Waals surface area contributed by atoms with E-state index in [0.29, 0.717) is 12.5 Å². The van der Waals surface area contributed by atoms with Crippen LogP contribution in [0.5, 0.6) is 0 Å². The van der Waals surface area contributed by atoms with Gasteiger partial charge in [0.2, 0.25) is 0 Å². The minimum atomic E-state index is -0.471. The quantitative estimate of drug-likeness (QED) is 0.761. The monoisotopic (exact) mass is 283 g/mol. The van der Waals surface area contributed by atoms with Crippen LogP contribution in [-0.2, 0) is 14.3 Å². The first kappa shape index (κ1) is 15.8. The summed E-state index contributed by atoms with van der Waals surface area (Å²) >= 11 is 0. The molecule has 2 aliphatic rings. The first-order chi connectivity index (χ1) is 9.70. The van der Waals surface area contributed by atoms with Gasteiger partial charge in [-0.3, -0.25) is 10.1 Å². The number of ether oxygens (including phenoxy) is 2. The van der Waals surface area contributed by atoms with Gasteiger partial charge in [0.15, 0.2) is 0 Å². The third-order valence-corrected chi connectivity index (χ3v) is 4.79. The summed E-state index contributed by atoms with van der Waals surface area (Å²) in [4.78, 5) is 12.5. The van der Waals surface area contributed by atoms with Crippen LogP contribution in [0.25, 0.3) is 0 Å². The molecule has 0 bridgehead atoms. The minimum absolute atomic E-state index is 0.0591. The average molecular weight is 283 g/mol. The molecule has 0 radical (unpaired) electrons. The molecule has 0 aromatic heterocycles. The Labute approximate surface area is 122 Å². The Balaban J connectivity index is 2.00. The average Bonchev–Trinajstić information content (AvgIpc) is 2.99. The van der Waals surface area contributed by atoms with Gasteiger partial charge in [-0.2, -0.15) is 0 Å². The first-order valence-corrected chi connectivity index (χ1v) is 8.24. The van der Waals surface area contributed by atoms with Crippen LogP contribution < -0.4 is 5.32 Å². The third kappa shape index (κ3) is 3.73. The molecule has 4 heteroatoms. The molecule has 2 rings (SSSR count). The van der Waals surface area contributed by atoms with Crippen molar-refractivity contribution in [2.45, 2.75) is 70.4 Å². The van der Waals surface area contributed by atoms with Gasteiger partial charge in [0.25, 0.3) is 0 Å². The number of hydrogen-bond donors (Lipinski definition) is 1. The van der Waals surface area contributed by atoms with Crippen molar-refractivity contribution in [1.82, 2.24) is 5.32 Å². The molecular weight excluding hydrogens is 254 g/mol. The normalized spacial score (nSPS) is 34.1. The van der Waals surface area contributed by atoms with Gasteiger partial charge in [-0.15, -0.1) is 0 Å². The molecule has 3 unspecified atom stereocenters. The zero-order chi connectivity index (χ0) is 14.4. The standard InChI is InChI=1S/C16H29NO3/c1-3-13-7-5-9-16(11-13,15(18)19-4-2)17-12-14-8-6-10-20-14/h13-14,17H,3-12H2,1-2H3. The molecule has 0 amide bonds. The van der Waals surface area contributed by atoms with E-state index in [1.165, 1.54) is 6.42 Å². The van der Waals surface area contributed by atoms with Crippen molar-refractivity contribution < 1.29 is 14.3 Å². The van der Waals surface area contributed by atoms with Gasteiger partial charge in [0.05, 0.1) is 12.7 Å². The highest BCUT2D eigenvalue weighted by atomic mass is 16.5. The number of nitrogens with one attached hydrogen (secondary N) is 1. The van der Waals surface area contributed by atoms with E-state index in [0.717, 1.165) is 51.7 Å². The summed E-state index contributed by atoms with van der Waals surface area (Å²) in [5, 5.41) is 3.53. The van der Waals surface area contributed by atoms with E-state index in [4.69, 9.17) is 9.47 Å². The molecular formula is C16H29NO3. The van der Waals surface area contributed by atoms with E-state index in [2.05, 4.69) is 12.2 Å². The topological polar surface area (TPSA) is 47.6 Å². The van der Waals surface area contributed by atoms with Gasteiger partial charge in [-0.25, -0.2) is 0 Å². The van der Waals surface area contributed by atoms with E-state index in [-0.39, 0.29) is 12.1 Å². The Morgan fingerprint density at radius 2 is 2.20 bits per heavy atom. The maximum absolute atomic E-state index is 12.5. The minimum Gasteiger partial charge on any atom is -0.465 e. The molecule has 1 aliphatic carbocycles. The first-order valence-electron chi connectivity index (χ1n) is 8.24. The Morgan fingerprint density at radius 3 is 2.85 bits per heavy atom. The van der Waals surface area contributed by atoms with E-state index < -0.39 is 5.54 Å². The molecule has 1 saturated carbocycles. The summed E-state index contributed by atoms with van der Waals surface area (Å²) in [6, 6.07) is 0. The molecule has 1 N–H and O–H groups in total. The zero-order valence-corrected chi connectivity index (χ0v) is 13.0. The molecule has 3 atom stereocenters. The highest BCUT2D eigenvalue weighted by Gasteiger charge is 2.43. The Morgan fingerprint density at radius 1 is 1.35 bits per heavy atom. The molecule has 116 valence electrons. The van der Waals surface area contributed by atoms with Gasteiger partial charge >= 0.3 is 5.97 Å². The van der Waals surface area contributed by atoms with Crippen molar-refractivity contribution in [1.29, 1.82) is 0 Å². The maximum atomic E-state index is 12.5. The van der Waals surface area contributed by atoms with Crippen LogP contribution in [0.15, 0.2) is 0 Å². The molecule has 1 heterocycles. The van der Waals surface area contributed by atoms with Crippen LogP contribution >= 0.6 is 0 Å². The lowest BCUT2D eigenvalue weighted by Gasteiger charge is -2.40. The van der Waals surface area contributed by atoms with Crippen molar-refractivity contribution in [3.8, 4) is 0 Å². The van der Waals surface area contributed by atoms with Gasteiger partial charge in [-0.1, -0.05) is 26.2 Å². The van der Waals surface area contributed by atoms with E-state index in [9.17, 15) is 4.79 Å². The van der Waals surface area contributed by atoms with Crippen molar-refractivity contribution in [3.63, 3.8) is 0 Å². The number of carbonyl (C=O) groups excluding carboxylic acids is 1. The van der Waals surface area contributed by atoms with Crippen molar-refractivity contribution in [2.75, 3.05) is 19.8 Å². The second-order valence-electron chi connectivity index (χ2n) is 6.19. The summed E-state index contributed by atoms with van der Waals surface area (Å²) in [6.45, 7) is 6.18. The summed E-state index contributed by atoms with van der Waals surface area (Å²) < 4.78 is 11.0. The number of carbonyl (C=O) groups is 1. The molecule has 4 nitrogen and oxygen atoms in total. The van der Waals surface area contributed by atoms with Crippen LogP contribution in [0.3, 0.4) is 0 Å². The molecule has 0 aromatic rings. The summed E-state index contributed by atoms with van der Waals surface area (Å²) in [7, 11) is 0. The molecule has 0 aromatic carbocycles. The second kappa shape index (κ2) is 7.41. The van der Waals surface area contributed by atoms with Gasteiger partial charge in [-0.05, 0) is 38.5 Å². The van der Waals surface area contributed by atoms with E-state index in [1.807, 2.05) is 6.92 Å². The fraction of sp³-hybridized carbons (Fsp3) is 0.938. The van der Waals surface area contributed by atoms with Crippen molar-refractivity contribution in [2.24, 2.45) is 5.92 Å². The molecule has 20 heavy (non-hydrogen) atoms. The summed E-state index contributed by atoms with van der Waals surface area (Å²) in [5.74, 6) is 0.571. The molecule has 0 spiro atoms. The largest absolute Gasteiger partial charge is 0.465 e. The van der Waals surface area contributed by atoms with Gasteiger partial charge < -0.3 is 9.47 Å². The SMILES string of the molecule is CCOC(=O)C1(NCC2CCCO2)CCCC(CC)C1. The smallest absolute Gasteiger partial charge is 0.326 e. The van der Waals surface area contributed by atoms with Crippen LogP contribution in [0.2, 0.25) is 0 Å². The van der Waals surface area contributed by atoms with Crippen LogP contribution in [0.4, 0.5) is 0 Å². The second-order valence-corrected chi connectivity index (χ2v) is 6.19. The maximum Gasteiger partial charge on any atom is 0.326 e. The lowest BCUT2D eigenvalue weighted by atomic mass is 9.74. The summed E-state index contributed by atoms with van der Waals surface area (Å²) in [5.41, 5.74) is -0.471. The molecule has 1 saturated heterocycles. The number of rotatable bonds is 6. The highest BCUT2D eigenvalue weighted by Crippen LogP contribution is 2.35. The van der Waals surface area contributed by atoms with Gasteiger partial charge in [0.1, 0.15) is 5.54 Å². The van der Waals surface area contributed by atoms with E-state index in [1.54, 1.807) is 0 Å². The highest BCUT2D eigenvalue weighted by molar-refractivity contribution is 5.81. The Hall–Kier alpha value is -0.610. The zero-order valence-electron chi connectivity index (χ0n) is 13.0. The Bertz CT molecular complexity index is 315. The van der Waals surface area contributed by atoms with Gasteiger partial charge in [0, 0.05) is 13.2 Å². The fourth-order valence-corrected chi connectivity index (χ4v) is 3.54. The Kier molecular flexibility index (Phi) is 5.85.